The molecule has 2 rings (SSSR count). The van der Waals surface area contributed by atoms with E-state index >= 15 is 0 Å². The average Bonchev–Trinajstić information content (AvgIpc) is 2.50. The lowest BCUT2D eigenvalue weighted by Crippen LogP contribution is -2.38. The number of sulfonamides is 1. The smallest absolute Gasteiger partial charge is 0.245 e. The van der Waals surface area contributed by atoms with Crippen LogP contribution < -0.4 is 5.73 Å². The van der Waals surface area contributed by atoms with Crippen molar-refractivity contribution in [3.05, 3.63) is 63.9 Å². The molecule has 0 heterocycles. The molecule has 0 spiro atoms. The third kappa shape index (κ3) is 4.45. The van der Waals surface area contributed by atoms with Crippen LogP contribution in [0, 0.1) is 5.82 Å². The van der Waals surface area contributed by atoms with Crippen LogP contribution in [0.2, 0.25) is 10.0 Å². The Labute approximate surface area is 148 Å². The number of rotatable bonds is 6. The second-order valence-corrected chi connectivity index (χ2v) is 7.69. The lowest BCUT2D eigenvalue weighted by molar-refractivity contribution is -0.118. The molecular formula is C15H13Cl2FN2O3S. The van der Waals surface area contributed by atoms with Crippen molar-refractivity contribution in [1.29, 1.82) is 0 Å². The molecule has 0 unspecified atom stereocenters. The molecule has 9 heteroatoms. The van der Waals surface area contributed by atoms with Crippen molar-refractivity contribution in [2.75, 3.05) is 6.54 Å². The zero-order valence-corrected chi connectivity index (χ0v) is 14.6. The molecule has 0 radical (unpaired) electrons. The number of halogens is 3. The van der Waals surface area contributed by atoms with Crippen LogP contribution >= 0.6 is 23.2 Å². The molecule has 5 nitrogen and oxygen atoms in total. The van der Waals surface area contributed by atoms with Gasteiger partial charge in [-0.05, 0) is 35.9 Å². The van der Waals surface area contributed by atoms with Crippen molar-refractivity contribution in [3.63, 3.8) is 0 Å². The third-order valence-corrected chi connectivity index (χ3v) is 5.62. The first-order chi connectivity index (χ1) is 11.2. The van der Waals surface area contributed by atoms with Crippen molar-refractivity contribution >= 4 is 39.1 Å². The predicted octanol–water partition coefficient (Wildman–Crippen LogP) is 2.81. The molecule has 2 N–H and O–H groups in total. The molecular weight excluding hydrogens is 378 g/mol. The first-order valence-electron chi connectivity index (χ1n) is 6.68. The Hall–Kier alpha value is -1.67. The standard InChI is InChI=1S/C15H13Cl2FN2O3S/c16-11-3-6-13(17)14(7-11)24(22,23)20(9-15(19)21)8-10-1-4-12(18)5-2-10/h1-7H,8-9H2,(H2,19,21). The Kier molecular flexibility index (Phi) is 5.82. The summed E-state index contributed by atoms with van der Waals surface area (Å²) in [6, 6.07) is 9.20. The van der Waals surface area contributed by atoms with E-state index in [1.54, 1.807) is 0 Å². The molecule has 0 aromatic heterocycles. The van der Waals surface area contributed by atoms with Crippen LogP contribution in [0.5, 0.6) is 0 Å². The van der Waals surface area contributed by atoms with Crippen molar-refractivity contribution in [2.45, 2.75) is 11.4 Å². The number of amides is 1. The number of nitrogens with two attached hydrogens (primary N) is 1. The Bertz CT molecular complexity index is 858. The van der Waals surface area contributed by atoms with Crippen LogP contribution in [0.15, 0.2) is 47.4 Å². The number of hydrogen-bond acceptors (Lipinski definition) is 3. The highest BCUT2D eigenvalue weighted by Gasteiger charge is 2.28. The van der Waals surface area contributed by atoms with E-state index in [0.29, 0.717) is 5.56 Å². The van der Waals surface area contributed by atoms with Crippen molar-refractivity contribution < 1.29 is 17.6 Å². The monoisotopic (exact) mass is 390 g/mol. The fourth-order valence-corrected chi connectivity index (χ4v) is 4.14. The van der Waals surface area contributed by atoms with Gasteiger partial charge in [-0.3, -0.25) is 4.79 Å². The molecule has 0 aliphatic heterocycles. The minimum absolute atomic E-state index is 0.0343. The fraction of sp³-hybridized carbons (Fsp3) is 0.133. The second kappa shape index (κ2) is 7.48. The highest BCUT2D eigenvalue weighted by atomic mass is 35.5. The van der Waals surface area contributed by atoms with Gasteiger partial charge in [-0.2, -0.15) is 4.31 Å². The maximum atomic E-state index is 13.0. The van der Waals surface area contributed by atoms with E-state index in [4.69, 9.17) is 28.9 Å². The van der Waals surface area contributed by atoms with Crippen molar-refractivity contribution in [1.82, 2.24) is 4.31 Å². The van der Waals surface area contributed by atoms with E-state index in [1.165, 1.54) is 42.5 Å². The summed E-state index contributed by atoms with van der Waals surface area (Å²) in [5.74, 6) is -1.29. The summed E-state index contributed by atoms with van der Waals surface area (Å²) in [6.45, 7) is -0.725. The molecule has 0 bridgehead atoms. The number of carbonyl (C=O) groups excluding carboxylic acids is 1. The maximum Gasteiger partial charge on any atom is 0.245 e. The van der Waals surface area contributed by atoms with Gasteiger partial charge < -0.3 is 5.73 Å². The fourth-order valence-electron chi connectivity index (χ4n) is 2.01. The predicted molar refractivity (Wildman–Crippen MR) is 89.7 cm³/mol. The summed E-state index contributed by atoms with van der Waals surface area (Å²) in [5.41, 5.74) is 5.64. The number of carbonyl (C=O) groups is 1. The van der Waals surface area contributed by atoms with E-state index in [2.05, 4.69) is 0 Å². The summed E-state index contributed by atoms with van der Waals surface area (Å²) in [7, 11) is -4.14. The van der Waals surface area contributed by atoms with Crippen LogP contribution in [0.4, 0.5) is 4.39 Å². The normalized spacial score (nSPS) is 11.7. The molecule has 0 atom stereocenters. The van der Waals surface area contributed by atoms with Gasteiger partial charge >= 0.3 is 0 Å². The van der Waals surface area contributed by atoms with Crippen LogP contribution in [0.25, 0.3) is 0 Å². The van der Waals surface area contributed by atoms with Crippen molar-refractivity contribution in [3.8, 4) is 0 Å². The van der Waals surface area contributed by atoms with E-state index in [1.807, 2.05) is 0 Å². The Balaban J connectivity index is 2.43. The number of nitrogens with zero attached hydrogens (tertiary/aromatic N) is 1. The first kappa shape index (κ1) is 18.7. The molecule has 0 aliphatic carbocycles. The molecule has 0 fully saturated rings. The highest BCUT2D eigenvalue weighted by molar-refractivity contribution is 7.89. The zero-order valence-electron chi connectivity index (χ0n) is 12.2. The van der Waals surface area contributed by atoms with Gasteiger partial charge in [-0.25, -0.2) is 12.8 Å². The molecule has 128 valence electrons. The second-order valence-electron chi connectivity index (χ2n) is 4.94. The molecule has 2 aromatic rings. The van der Waals surface area contributed by atoms with Gasteiger partial charge in [0.2, 0.25) is 15.9 Å². The summed E-state index contributed by atoms with van der Waals surface area (Å²) < 4.78 is 39.5. The maximum absolute atomic E-state index is 13.0. The van der Waals surface area contributed by atoms with Gasteiger partial charge in [0, 0.05) is 11.6 Å². The van der Waals surface area contributed by atoms with Gasteiger partial charge in [0.25, 0.3) is 0 Å². The first-order valence-corrected chi connectivity index (χ1v) is 8.87. The topological polar surface area (TPSA) is 80.5 Å². The summed E-state index contributed by atoms with van der Waals surface area (Å²) in [4.78, 5) is 11.0. The summed E-state index contributed by atoms with van der Waals surface area (Å²) >= 11 is 11.8. The number of benzene rings is 2. The van der Waals surface area contributed by atoms with E-state index in [0.717, 1.165) is 4.31 Å². The van der Waals surface area contributed by atoms with Crippen LogP contribution in [-0.4, -0.2) is 25.2 Å². The highest BCUT2D eigenvalue weighted by Crippen LogP contribution is 2.28. The van der Waals surface area contributed by atoms with Crippen LogP contribution in [-0.2, 0) is 21.4 Å². The van der Waals surface area contributed by atoms with Crippen molar-refractivity contribution in [2.24, 2.45) is 5.73 Å². The van der Waals surface area contributed by atoms with Gasteiger partial charge in [0.1, 0.15) is 10.7 Å². The molecule has 0 saturated carbocycles. The Morgan fingerprint density at radius 3 is 2.33 bits per heavy atom. The lowest BCUT2D eigenvalue weighted by atomic mass is 10.2. The number of hydrogen-bond donors (Lipinski definition) is 1. The molecule has 0 aliphatic rings. The zero-order chi connectivity index (χ0) is 17.9. The minimum Gasteiger partial charge on any atom is -0.369 e. The lowest BCUT2D eigenvalue weighted by Gasteiger charge is -2.21. The van der Waals surface area contributed by atoms with E-state index in [-0.39, 0.29) is 21.5 Å². The van der Waals surface area contributed by atoms with Gasteiger partial charge in [-0.15, -0.1) is 0 Å². The van der Waals surface area contributed by atoms with Crippen LogP contribution in [0.1, 0.15) is 5.56 Å². The number of primary amides is 1. The SMILES string of the molecule is NC(=O)CN(Cc1ccc(F)cc1)S(=O)(=O)c1cc(Cl)ccc1Cl. The molecule has 1 amide bonds. The minimum atomic E-state index is -4.14. The average molecular weight is 391 g/mol. The summed E-state index contributed by atoms with van der Waals surface area (Å²) in [5, 5.41) is 0.145. The van der Waals surface area contributed by atoms with E-state index < -0.39 is 28.3 Å². The Morgan fingerprint density at radius 2 is 1.75 bits per heavy atom. The van der Waals surface area contributed by atoms with Crippen LogP contribution in [0.3, 0.4) is 0 Å². The summed E-state index contributed by atoms with van der Waals surface area (Å²) in [6.07, 6.45) is 0. The third-order valence-electron chi connectivity index (χ3n) is 3.12. The molecule has 24 heavy (non-hydrogen) atoms. The van der Waals surface area contributed by atoms with Gasteiger partial charge in [-0.1, -0.05) is 35.3 Å². The largest absolute Gasteiger partial charge is 0.369 e. The van der Waals surface area contributed by atoms with E-state index in [9.17, 15) is 17.6 Å². The molecule has 0 saturated heterocycles. The van der Waals surface area contributed by atoms with Gasteiger partial charge in [0.15, 0.2) is 0 Å². The molecule has 2 aromatic carbocycles. The van der Waals surface area contributed by atoms with Gasteiger partial charge in [0.05, 0.1) is 11.6 Å². The Morgan fingerprint density at radius 1 is 1.12 bits per heavy atom. The quantitative estimate of drug-likeness (QED) is 0.823.